The molecule has 1 aromatic carbocycles. The zero-order valence-corrected chi connectivity index (χ0v) is 8.69. The van der Waals surface area contributed by atoms with Gasteiger partial charge in [0, 0.05) is 0 Å². The van der Waals surface area contributed by atoms with E-state index < -0.39 is 46.5 Å². The fraction of sp³-hybridized carbons (Fsp3) is 0.100. The second-order valence-electron chi connectivity index (χ2n) is 3.35. The van der Waals surface area contributed by atoms with Crippen molar-refractivity contribution in [2.45, 2.75) is 6.92 Å². The Morgan fingerprint density at radius 3 is 1.72 bits per heavy atom. The smallest absolute Gasteiger partial charge is 0.306 e. The second-order valence-corrected chi connectivity index (χ2v) is 3.35. The van der Waals surface area contributed by atoms with Gasteiger partial charge in [-0.15, -0.1) is 0 Å². The molecule has 0 aliphatic rings. The molecule has 1 heterocycles. The first kappa shape index (κ1) is 12.3. The number of halogens is 5. The van der Waals surface area contributed by atoms with Crippen molar-refractivity contribution < 1.29 is 31.5 Å². The fourth-order valence-corrected chi connectivity index (χ4v) is 1.29. The molecule has 0 aliphatic heterocycles. The zero-order chi connectivity index (χ0) is 13.6. The van der Waals surface area contributed by atoms with Crippen LogP contribution in [-0.4, -0.2) is 10.1 Å². The van der Waals surface area contributed by atoms with Crippen molar-refractivity contribution >= 4 is 0 Å². The molecule has 3 nitrogen and oxygen atoms in total. The molecular weight excluding hydrogens is 261 g/mol. The van der Waals surface area contributed by atoms with Crippen LogP contribution in [0.15, 0.2) is 4.42 Å². The van der Waals surface area contributed by atoms with E-state index in [1.165, 1.54) is 6.92 Å². The summed E-state index contributed by atoms with van der Waals surface area (Å²) < 4.78 is 69.6. The molecule has 0 unspecified atom stereocenters. The van der Waals surface area contributed by atoms with Gasteiger partial charge in [0.1, 0.15) is 11.3 Å². The molecule has 8 heteroatoms. The highest BCUT2D eigenvalue weighted by molar-refractivity contribution is 5.56. The Hall–Kier alpha value is -2.12. The highest BCUT2D eigenvalue weighted by Gasteiger charge is 2.29. The summed E-state index contributed by atoms with van der Waals surface area (Å²) >= 11 is 0. The van der Waals surface area contributed by atoms with Crippen LogP contribution in [0, 0.1) is 36.0 Å². The molecule has 0 aliphatic carbocycles. The maximum absolute atomic E-state index is 13.3. The lowest BCUT2D eigenvalue weighted by Gasteiger charge is -2.04. The van der Waals surface area contributed by atoms with E-state index in [-0.39, 0.29) is 5.69 Å². The van der Waals surface area contributed by atoms with Gasteiger partial charge in [0.25, 0.3) is 0 Å². The van der Waals surface area contributed by atoms with Crippen LogP contribution in [0.2, 0.25) is 0 Å². The summed E-state index contributed by atoms with van der Waals surface area (Å²) in [6, 6.07) is 0. The predicted molar refractivity (Wildman–Crippen MR) is 48.1 cm³/mol. The van der Waals surface area contributed by atoms with Crippen molar-refractivity contribution in [2.24, 2.45) is 0 Å². The van der Waals surface area contributed by atoms with Gasteiger partial charge in [-0.05, 0) is 6.92 Å². The Morgan fingerprint density at radius 1 is 0.889 bits per heavy atom. The maximum Gasteiger partial charge on any atom is 0.306 e. The summed E-state index contributed by atoms with van der Waals surface area (Å²) in [6.45, 7) is 1.23. The minimum atomic E-state index is -2.28. The third-order valence-corrected chi connectivity index (χ3v) is 2.20. The Labute approximate surface area is 96.5 Å². The normalized spacial score (nSPS) is 11.0. The largest absolute Gasteiger partial charge is 0.479 e. The molecule has 0 saturated carbocycles. The van der Waals surface area contributed by atoms with Crippen LogP contribution >= 0.6 is 0 Å². The van der Waals surface area contributed by atoms with Crippen molar-refractivity contribution in [1.82, 2.24) is 4.98 Å². The third-order valence-electron chi connectivity index (χ3n) is 2.20. The topological polar surface area (TPSA) is 46.3 Å². The highest BCUT2D eigenvalue weighted by Crippen LogP contribution is 2.33. The number of aromatic nitrogens is 1. The van der Waals surface area contributed by atoms with E-state index in [9.17, 15) is 22.0 Å². The first-order valence-electron chi connectivity index (χ1n) is 4.52. The van der Waals surface area contributed by atoms with Crippen LogP contribution in [0.1, 0.15) is 5.69 Å². The molecular formula is C10H4F5NO2. The molecule has 0 saturated heterocycles. The van der Waals surface area contributed by atoms with Gasteiger partial charge >= 0.3 is 5.95 Å². The van der Waals surface area contributed by atoms with Crippen LogP contribution in [0.3, 0.4) is 0 Å². The first-order chi connectivity index (χ1) is 8.34. The van der Waals surface area contributed by atoms with E-state index in [0.29, 0.717) is 0 Å². The Bertz CT molecular complexity index is 589. The van der Waals surface area contributed by atoms with Crippen molar-refractivity contribution in [3.8, 4) is 17.4 Å². The first-order valence-corrected chi connectivity index (χ1v) is 4.52. The zero-order valence-electron chi connectivity index (χ0n) is 8.69. The minimum absolute atomic E-state index is 0.144. The van der Waals surface area contributed by atoms with E-state index in [4.69, 9.17) is 5.11 Å². The fourth-order valence-electron chi connectivity index (χ4n) is 1.29. The molecule has 0 bridgehead atoms. The lowest BCUT2D eigenvalue weighted by molar-refractivity contribution is 0.330. The SMILES string of the molecule is Cc1nc(-c2c(F)c(F)c(F)c(F)c2F)oc1O. The number of aryl methyl sites for hydroxylation is 1. The molecule has 2 aromatic rings. The van der Waals surface area contributed by atoms with E-state index in [1.54, 1.807) is 0 Å². The summed E-state index contributed by atoms with van der Waals surface area (Å²) in [7, 11) is 0. The maximum atomic E-state index is 13.3. The molecule has 0 radical (unpaired) electrons. The lowest BCUT2D eigenvalue weighted by atomic mass is 10.1. The Balaban J connectivity index is 2.79. The molecule has 18 heavy (non-hydrogen) atoms. The van der Waals surface area contributed by atoms with Gasteiger partial charge in [-0.2, -0.15) is 0 Å². The number of nitrogens with zero attached hydrogens (tertiary/aromatic N) is 1. The number of hydrogen-bond acceptors (Lipinski definition) is 3. The number of benzene rings is 1. The molecule has 2 rings (SSSR count). The Kier molecular flexibility index (Phi) is 2.72. The van der Waals surface area contributed by atoms with Crippen LogP contribution in [-0.2, 0) is 0 Å². The van der Waals surface area contributed by atoms with Crippen molar-refractivity contribution in [3.05, 3.63) is 34.8 Å². The van der Waals surface area contributed by atoms with Crippen LogP contribution < -0.4 is 0 Å². The summed E-state index contributed by atoms with van der Waals surface area (Å²) in [6.07, 6.45) is 0. The van der Waals surface area contributed by atoms with Gasteiger partial charge in [0.05, 0.1) is 0 Å². The average Bonchev–Trinajstić information content (AvgIpc) is 2.64. The van der Waals surface area contributed by atoms with E-state index in [2.05, 4.69) is 9.40 Å². The average molecular weight is 265 g/mol. The number of rotatable bonds is 1. The molecule has 0 spiro atoms. The predicted octanol–water partition coefficient (Wildman–Crippen LogP) is 3.05. The monoisotopic (exact) mass is 265 g/mol. The molecule has 0 atom stereocenters. The molecule has 1 aromatic heterocycles. The minimum Gasteiger partial charge on any atom is -0.479 e. The summed E-state index contributed by atoms with van der Waals surface area (Å²) in [5, 5.41) is 9.04. The molecule has 0 fully saturated rings. The quantitative estimate of drug-likeness (QED) is 0.489. The van der Waals surface area contributed by atoms with Gasteiger partial charge in [-0.25, -0.2) is 26.9 Å². The van der Waals surface area contributed by atoms with Crippen molar-refractivity contribution in [3.63, 3.8) is 0 Å². The van der Waals surface area contributed by atoms with Crippen LogP contribution in [0.4, 0.5) is 22.0 Å². The Morgan fingerprint density at radius 2 is 1.33 bits per heavy atom. The standard InChI is InChI=1S/C10H4F5NO2/c1-2-10(17)18-9(16-2)3-4(11)6(13)8(15)7(14)5(3)12/h17H,1H3. The summed E-state index contributed by atoms with van der Waals surface area (Å²) in [5.74, 6) is -12.3. The van der Waals surface area contributed by atoms with E-state index in [1.807, 2.05) is 0 Å². The van der Waals surface area contributed by atoms with Crippen LogP contribution in [0.5, 0.6) is 5.95 Å². The van der Waals surface area contributed by atoms with Gasteiger partial charge in [-0.1, -0.05) is 0 Å². The number of oxazole rings is 1. The molecule has 1 N–H and O–H groups in total. The second kappa shape index (κ2) is 3.97. The summed E-state index contributed by atoms with van der Waals surface area (Å²) in [4.78, 5) is 3.36. The van der Waals surface area contributed by atoms with Gasteiger partial charge in [0.15, 0.2) is 23.3 Å². The van der Waals surface area contributed by atoms with E-state index >= 15 is 0 Å². The number of aromatic hydroxyl groups is 1. The van der Waals surface area contributed by atoms with Gasteiger partial charge in [0.2, 0.25) is 11.7 Å². The lowest BCUT2D eigenvalue weighted by Crippen LogP contribution is -2.04. The van der Waals surface area contributed by atoms with Gasteiger partial charge in [-0.3, -0.25) is 0 Å². The van der Waals surface area contributed by atoms with Crippen LogP contribution in [0.25, 0.3) is 11.5 Å². The summed E-state index contributed by atoms with van der Waals surface area (Å²) in [5.41, 5.74) is -1.47. The molecule has 0 amide bonds. The van der Waals surface area contributed by atoms with E-state index in [0.717, 1.165) is 0 Å². The number of hydrogen-bond donors (Lipinski definition) is 1. The highest BCUT2D eigenvalue weighted by atomic mass is 19.2. The molecule has 96 valence electrons. The van der Waals surface area contributed by atoms with Crippen molar-refractivity contribution in [2.75, 3.05) is 0 Å². The van der Waals surface area contributed by atoms with Gasteiger partial charge < -0.3 is 9.52 Å². The van der Waals surface area contributed by atoms with Crippen molar-refractivity contribution in [1.29, 1.82) is 0 Å². The third kappa shape index (κ3) is 1.60.